The maximum Gasteiger partial charge on any atom is 0.226 e. The van der Waals surface area contributed by atoms with Crippen molar-refractivity contribution in [3.05, 3.63) is 34.3 Å². The fourth-order valence-corrected chi connectivity index (χ4v) is 3.40. The van der Waals surface area contributed by atoms with Gasteiger partial charge >= 0.3 is 0 Å². The third kappa shape index (κ3) is 3.61. The Morgan fingerprint density at radius 2 is 2.05 bits per heavy atom. The van der Waals surface area contributed by atoms with Crippen molar-refractivity contribution in [1.29, 1.82) is 0 Å². The Kier molecular flexibility index (Phi) is 5.61. The normalized spacial score (nSPS) is 17.7. The van der Waals surface area contributed by atoms with Crippen LogP contribution in [0, 0.1) is 5.41 Å². The molecule has 1 aromatic rings. The number of benzene rings is 1. The molecule has 1 aliphatic heterocycles. The molecule has 2 rings (SSSR count). The molecule has 0 unspecified atom stereocenters. The van der Waals surface area contributed by atoms with Crippen molar-refractivity contribution in [2.45, 2.75) is 39.2 Å². The second kappa shape index (κ2) is 7.23. The van der Waals surface area contributed by atoms with Crippen molar-refractivity contribution in [1.82, 2.24) is 10.6 Å². The number of amides is 1. The third-order valence-electron chi connectivity index (χ3n) is 4.17. The number of halogens is 1. The zero-order valence-corrected chi connectivity index (χ0v) is 13.6. The fourth-order valence-electron chi connectivity index (χ4n) is 2.98. The molecule has 1 fully saturated rings. The van der Waals surface area contributed by atoms with E-state index in [1.165, 1.54) is 0 Å². The molecule has 0 spiro atoms. The Balaban J connectivity index is 2.00. The number of piperidine rings is 1. The first-order valence-electron chi connectivity index (χ1n) is 7.40. The Morgan fingerprint density at radius 1 is 1.35 bits per heavy atom. The van der Waals surface area contributed by atoms with Crippen LogP contribution >= 0.6 is 15.9 Å². The van der Waals surface area contributed by atoms with E-state index >= 15 is 0 Å². The van der Waals surface area contributed by atoms with Gasteiger partial charge in [0.15, 0.2) is 0 Å². The minimum absolute atomic E-state index is 0.165. The molecule has 0 bridgehead atoms. The second-order valence-electron chi connectivity index (χ2n) is 5.55. The first-order valence-corrected chi connectivity index (χ1v) is 8.20. The van der Waals surface area contributed by atoms with Crippen LogP contribution in [0.2, 0.25) is 0 Å². The standard InChI is InChI=1S/C16H23BrN2O/c1-2-7-16(8-10-18-11-9-16)15(20)19-12-13-5-3-4-6-14(13)17/h3-6,18H,2,7-12H2,1H3,(H,19,20). The minimum Gasteiger partial charge on any atom is -0.352 e. The smallest absolute Gasteiger partial charge is 0.226 e. The summed E-state index contributed by atoms with van der Waals surface area (Å²) < 4.78 is 1.05. The van der Waals surface area contributed by atoms with Gasteiger partial charge in [-0.1, -0.05) is 47.5 Å². The Hall–Kier alpha value is -0.870. The summed E-state index contributed by atoms with van der Waals surface area (Å²) in [5.41, 5.74) is 0.961. The molecule has 0 atom stereocenters. The van der Waals surface area contributed by atoms with Crippen molar-refractivity contribution in [2.24, 2.45) is 5.41 Å². The number of nitrogens with one attached hydrogen (secondary N) is 2. The van der Waals surface area contributed by atoms with Gasteiger partial charge in [-0.2, -0.15) is 0 Å². The van der Waals surface area contributed by atoms with Crippen LogP contribution < -0.4 is 10.6 Å². The molecule has 0 aliphatic carbocycles. The fraction of sp³-hybridized carbons (Fsp3) is 0.562. The lowest BCUT2D eigenvalue weighted by Gasteiger charge is -2.36. The Bertz CT molecular complexity index is 450. The van der Waals surface area contributed by atoms with Gasteiger partial charge in [0.25, 0.3) is 0 Å². The van der Waals surface area contributed by atoms with Gasteiger partial charge in [-0.3, -0.25) is 4.79 Å². The van der Waals surface area contributed by atoms with E-state index in [9.17, 15) is 4.79 Å². The van der Waals surface area contributed by atoms with E-state index in [4.69, 9.17) is 0 Å². The molecule has 1 aliphatic rings. The van der Waals surface area contributed by atoms with Gasteiger partial charge in [0.1, 0.15) is 0 Å². The van der Waals surface area contributed by atoms with Gasteiger partial charge < -0.3 is 10.6 Å². The molecule has 1 aromatic carbocycles. The van der Waals surface area contributed by atoms with E-state index in [0.717, 1.165) is 48.8 Å². The quantitative estimate of drug-likeness (QED) is 0.865. The van der Waals surface area contributed by atoms with E-state index in [2.05, 4.69) is 33.5 Å². The highest BCUT2D eigenvalue weighted by atomic mass is 79.9. The summed E-state index contributed by atoms with van der Waals surface area (Å²) in [5.74, 6) is 0.219. The number of carbonyl (C=O) groups excluding carboxylic acids is 1. The minimum atomic E-state index is -0.165. The molecule has 0 radical (unpaired) electrons. The highest BCUT2D eigenvalue weighted by Gasteiger charge is 2.38. The average Bonchev–Trinajstić information content (AvgIpc) is 2.47. The monoisotopic (exact) mass is 338 g/mol. The number of hydrogen-bond acceptors (Lipinski definition) is 2. The first-order chi connectivity index (χ1) is 9.68. The number of carbonyl (C=O) groups is 1. The van der Waals surface area contributed by atoms with E-state index in [-0.39, 0.29) is 11.3 Å². The molecule has 4 heteroatoms. The summed E-state index contributed by atoms with van der Waals surface area (Å²) in [5, 5.41) is 6.49. The van der Waals surface area contributed by atoms with Gasteiger partial charge in [0.2, 0.25) is 5.91 Å². The van der Waals surface area contributed by atoms with Crippen LogP contribution in [-0.4, -0.2) is 19.0 Å². The van der Waals surface area contributed by atoms with Crippen molar-refractivity contribution >= 4 is 21.8 Å². The van der Waals surface area contributed by atoms with E-state index in [0.29, 0.717) is 6.54 Å². The molecule has 1 amide bonds. The van der Waals surface area contributed by atoms with Gasteiger partial charge in [-0.05, 0) is 44.0 Å². The lowest BCUT2D eigenvalue weighted by atomic mass is 9.74. The highest BCUT2D eigenvalue weighted by molar-refractivity contribution is 9.10. The molecule has 20 heavy (non-hydrogen) atoms. The van der Waals surface area contributed by atoms with E-state index < -0.39 is 0 Å². The predicted octanol–water partition coefficient (Wildman–Crippen LogP) is 3.24. The largest absolute Gasteiger partial charge is 0.352 e. The molecule has 0 aromatic heterocycles. The second-order valence-corrected chi connectivity index (χ2v) is 6.41. The van der Waals surface area contributed by atoms with E-state index in [1.54, 1.807) is 0 Å². The molecular formula is C16H23BrN2O. The zero-order chi connectivity index (χ0) is 14.4. The van der Waals surface area contributed by atoms with E-state index in [1.807, 2.05) is 24.3 Å². The molecule has 0 saturated carbocycles. The van der Waals surface area contributed by atoms with Crippen LogP contribution in [0.4, 0.5) is 0 Å². The zero-order valence-electron chi connectivity index (χ0n) is 12.0. The highest BCUT2D eigenvalue weighted by Crippen LogP contribution is 2.34. The molecule has 1 saturated heterocycles. The summed E-state index contributed by atoms with van der Waals surface area (Å²) in [4.78, 5) is 12.6. The van der Waals surface area contributed by atoms with Gasteiger partial charge in [-0.25, -0.2) is 0 Å². The van der Waals surface area contributed by atoms with Crippen molar-refractivity contribution < 1.29 is 4.79 Å². The third-order valence-corrected chi connectivity index (χ3v) is 4.94. The summed E-state index contributed by atoms with van der Waals surface area (Å²) in [6.45, 7) is 4.65. The van der Waals surface area contributed by atoms with Crippen LogP contribution in [0.1, 0.15) is 38.2 Å². The Labute approximate surface area is 129 Å². The van der Waals surface area contributed by atoms with Gasteiger partial charge in [0.05, 0.1) is 5.41 Å². The maximum absolute atomic E-state index is 12.6. The maximum atomic E-state index is 12.6. The summed E-state index contributed by atoms with van der Waals surface area (Å²) in [6, 6.07) is 8.03. The lowest BCUT2D eigenvalue weighted by Crippen LogP contribution is -2.47. The molecule has 1 heterocycles. The van der Waals surface area contributed by atoms with Crippen molar-refractivity contribution in [3.8, 4) is 0 Å². The van der Waals surface area contributed by atoms with Crippen LogP contribution in [-0.2, 0) is 11.3 Å². The van der Waals surface area contributed by atoms with Crippen molar-refractivity contribution in [2.75, 3.05) is 13.1 Å². The van der Waals surface area contributed by atoms with Crippen molar-refractivity contribution in [3.63, 3.8) is 0 Å². The predicted molar refractivity (Wildman–Crippen MR) is 85.4 cm³/mol. The van der Waals surface area contributed by atoms with Gasteiger partial charge in [-0.15, -0.1) is 0 Å². The van der Waals surface area contributed by atoms with Crippen LogP contribution in [0.15, 0.2) is 28.7 Å². The SMILES string of the molecule is CCCC1(C(=O)NCc2ccccc2Br)CCNCC1. The molecular weight excluding hydrogens is 316 g/mol. The molecule has 2 N–H and O–H groups in total. The summed E-state index contributed by atoms with van der Waals surface area (Å²) in [6.07, 6.45) is 3.93. The number of hydrogen-bond donors (Lipinski definition) is 2. The Morgan fingerprint density at radius 3 is 2.70 bits per heavy atom. The van der Waals surface area contributed by atoms with Crippen LogP contribution in [0.25, 0.3) is 0 Å². The first kappa shape index (κ1) is 15.5. The summed E-state index contributed by atoms with van der Waals surface area (Å²) in [7, 11) is 0. The average molecular weight is 339 g/mol. The topological polar surface area (TPSA) is 41.1 Å². The lowest BCUT2D eigenvalue weighted by molar-refractivity contribution is -0.133. The van der Waals surface area contributed by atoms with Gasteiger partial charge in [0, 0.05) is 11.0 Å². The van der Waals surface area contributed by atoms with Crippen LogP contribution in [0.5, 0.6) is 0 Å². The summed E-state index contributed by atoms with van der Waals surface area (Å²) >= 11 is 3.53. The molecule has 110 valence electrons. The molecule has 3 nitrogen and oxygen atoms in total. The van der Waals surface area contributed by atoms with Crippen LogP contribution in [0.3, 0.4) is 0 Å². The number of rotatable bonds is 5.